The lowest BCUT2D eigenvalue weighted by atomic mass is 9.97. The van der Waals surface area contributed by atoms with Crippen molar-refractivity contribution in [1.82, 2.24) is 5.32 Å². The number of hydrogen-bond donors (Lipinski definition) is 1. The summed E-state index contributed by atoms with van der Waals surface area (Å²) < 4.78 is 0. The molecule has 2 rings (SSSR count). The molecule has 1 aromatic carbocycles. The van der Waals surface area contributed by atoms with Crippen molar-refractivity contribution in [2.75, 3.05) is 6.54 Å². The maximum absolute atomic E-state index is 3.38. The van der Waals surface area contributed by atoms with Gasteiger partial charge in [0.1, 0.15) is 0 Å². The molecule has 0 bridgehead atoms. The van der Waals surface area contributed by atoms with Crippen LogP contribution in [0.25, 0.3) is 0 Å². The van der Waals surface area contributed by atoms with E-state index in [9.17, 15) is 0 Å². The van der Waals surface area contributed by atoms with Crippen LogP contribution in [0.15, 0.2) is 18.2 Å². The van der Waals surface area contributed by atoms with E-state index < -0.39 is 0 Å². The average molecular weight is 147 g/mol. The van der Waals surface area contributed by atoms with Gasteiger partial charge in [-0.2, -0.15) is 0 Å². The summed E-state index contributed by atoms with van der Waals surface area (Å²) in [5.74, 6) is 0. The molecule has 1 heteroatoms. The van der Waals surface area contributed by atoms with E-state index in [0.29, 0.717) is 0 Å². The number of fused-ring (bicyclic) bond motifs is 1. The molecule has 0 saturated heterocycles. The van der Waals surface area contributed by atoms with E-state index in [2.05, 4.69) is 30.4 Å². The first-order valence-electron chi connectivity index (χ1n) is 4.16. The normalized spacial score (nSPS) is 16.1. The third kappa shape index (κ3) is 1.16. The molecule has 0 aliphatic carbocycles. The van der Waals surface area contributed by atoms with Crippen molar-refractivity contribution >= 4 is 0 Å². The SMILES string of the molecule is Cc1cccc2c1CNCC2. The van der Waals surface area contributed by atoms with Gasteiger partial charge < -0.3 is 5.32 Å². The van der Waals surface area contributed by atoms with Crippen LogP contribution in [0.4, 0.5) is 0 Å². The zero-order chi connectivity index (χ0) is 7.68. The summed E-state index contributed by atoms with van der Waals surface area (Å²) in [4.78, 5) is 0. The molecule has 1 heterocycles. The minimum Gasteiger partial charge on any atom is -0.312 e. The maximum Gasteiger partial charge on any atom is 0.0210 e. The summed E-state index contributed by atoms with van der Waals surface area (Å²) in [5.41, 5.74) is 4.47. The highest BCUT2D eigenvalue weighted by atomic mass is 14.9. The molecular formula is C10H13N. The Morgan fingerprint density at radius 1 is 1.36 bits per heavy atom. The molecule has 11 heavy (non-hydrogen) atoms. The van der Waals surface area contributed by atoms with Crippen molar-refractivity contribution in [2.24, 2.45) is 0 Å². The fraction of sp³-hybridized carbons (Fsp3) is 0.400. The first kappa shape index (κ1) is 6.86. The van der Waals surface area contributed by atoms with Crippen molar-refractivity contribution in [1.29, 1.82) is 0 Å². The molecule has 1 aliphatic heterocycles. The molecule has 0 amide bonds. The molecule has 0 radical (unpaired) electrons. The van der Waals surface area contributed by atoms with Crippen LogP contribution >= 0.6 is 0 Å². The fourth-order valence-electron chi connectivity index (χ4n) is 1.69. The minimum atomic E-state index is 1.06. The molecule has 1 aliphatic rings. The number of hydrogen-bond acceptors (Lipinski definition) is 1. The average Bonchev–Trinajstić information content (AvgIpc) is 2.06. The zero-order valence-electron chi connectivity index (χ0n) is 6.85. The van der Waals surface area contributed by atoms with Gasteiger partial charge in [-0.1, -0.05) is 18.2 Å². The lowest BCUT2D eigenvalue weighted by molar-refractivity contribution is 0.640. The van der Waals surface area contributed by atoms with E-state index in [1.165, 1.54) is 23.1 Å². The highest BCUT2D eigenvalue weighted by molar-refractivity contribution is 5.35. The van der Waals surface area contributed by atoms with E-state index in [1.807, 2.05) is 0 Å². The third-order valence-electron chi connectivity index (χ3n) is 2.38. The Morgan fingerprint density at radius 2 is 2.27 bits per heavy atom. The predicted molar refractivity (Wildman–Crippen MR) is 46.6 cm³/mol. The molecule has 1 aromatic rings. The Balaban J connectivity index is 2.49. The second-order valence-electron chi connectivity index (χ2n) is 3.14. The number of aryl methyl sites for hydroxylation is 1. The highest BCUT2D eigenvalue weighted by Gasteiger charge is 2.08. The van der Waals surface area contributed by atoms with Crippen molar-refractivity contribution < 1.29 is 0 Å². The van der Waals surface area contributed by atoms with Gasteiger partial charge in [0, 0.05) is 6.54 Å². The highest BCUT2D eigenvalue weighted by Crippen LogP contribution is 2.16. The van der Waals surface area contributed by atoms with Crippen molar-refractivity contribution in [3.05, 3.63) is 34.9 Å². The van der Waals surface area contributed by atoms with E-state index in [4.69, 9.17) is 0 Å². The van der Waals surface area contributed by atoms with Crippen LogP contribution in [-0.2, 0) is 13.0 Å². The Morgan fingerprint density at radius 3 is 3.09 bits per heavy atom. The van der Waals surface area contributed by atoms with Crippen molar-refractivity contribution in [3.8, 4) is 0 Å². The van der Waals surface area contributed by atoms with Crippen LogP contribution in [0.3, 0.4) is 0 Å². The van der Waals surface area contributed by atoms with Gasteiger partial charge in [0.2, 0.25) is 0 Å². The van der Waals surface area contributed by atoms with Crippen LogP contribution in [0.5, 0.6) is 0 Å². The van der Waals surface area contributed by atoms with Gasteiger partial charge in [0.15, 0.2) is 0 Å². The molecule has 58 valence electrons. The first-order valence-corrected chi connectivity index (χ1v) is 4.16. The summed E-state index contributed by atoms with van der Waals surface area (Å²) in [6, 6.07) is 6.58. The maximum atomic E-state index is 3.38. The Hall–Kier alpha value is -0.820. The Labute approximate surface area is 67.4 Å². The quantitative estimate of drug-likeness (QED) is 0.588. The van der Waals surface area contributed by atoms with E-state index >= 15 is 0 Å². The molecular weight excluding hydrogens is 134 g/mol. The molecule has 0 saturated carbocycles. The van der Waals surface area contributed by atoms with Gasteiger partial charge in [-0.05, 0) is 36.6 Å². The molecule has 1 N–H and O–H groups in total. The third-order valence-corrected chi connectivity index (χ3v) is 2.38. The molecule has 0 unspecified atom stereocenters. The van der Waals surface area contributed by atoms with Crippen LogP contribution in [-0.4, -0.2) is 6.54 Å². The zero-order valence-corrected chi connectivity index (χ0v) is 6.85. The Kier molecular flexibility index (Phi) is 1.66. The summed E-state index contributed by atoms with van der Waals surface area (Å²) >= 11 is 0. The second-order valence-corrected chi connectivity index (χ2v) is 3.14. The Bertz CT molecular complexity index is 266. The monoisotopic (exact) mass is 147 g/mol. The molecule has 0 fully saturated rings. The standard InChI is InChI=1S/C10H13N/c1-8-3-2-4-9-5-6-11-7-10(8)9/h2-4,11H,5-7H2,1H3. The minimum absolute atomic E-state index is 1.06. The van der Waals surface area contributed by atoms with Crippen LogP contribution in [0.2, 0.25) is 0 Å². The van der Waals surface area contributed by atoms with Gasteiger partial charge >= 0.3 is 0 Å². The predicted octanol–water partition coefficient (Wildman–Crippen LogP) is 1.64. The van der Waals surface area contributed by atoms with Crippen molar-refractivity contribution in [2.45, 2.75) is 19.9 Å². The van der Waals surface area contributed by atoms with Crippen LogP contribution in [0, 0.1) is 6.92 Å². The second kappa shape index (κ2) is 2.67. The van der Waals surface area contributed by atoms with Gasteiger partial charge in [0.25, 0.3) is 0 Å². The van der Waals surface area contributed by atoms with Gasteiger partial charge in [-0.25, -0.2) is 0 Å². The van der Waals surface area contributed by atoms with E-state index in [1.54, 1.807) is 0 Å². The van der Waals surface area contributed by atoms with Crippen molar-refractivity contribution in [3.63, 3.8) is 0 Å². The number of benzene rings is 1. The van der Waals surface area contributed by atoms with Gasteiger partial charge in [-0.15, -0.1) is 0 Å². The largest absolute Gasteiger partial charge is 0.312 e. The summed E-state index contributed by atoms with van der Waals surface area (Å²) in [5, 5.41) is 3.38. The van der Waals surface area contributed by atoms with Crippen LogP contribution in [0.1, 0.15) is 16.7 Å². The topological polar surface area (TPSA) is 12.0 Å². The van der Waals surface area contributed by atoms with Crippen LogP contribution < -0.4 is 5.32 Å². The number of rotatable bonds is 0. The van der Waals surface area contributed by atoms with Gasteiger partial charge in [0.05, 0.1) is 0 Å². The first-order chi connectivity index (χ1) is 5.38. The fourth-order valence-corrected chi connectivity index (χ4v) is 1.69. The summed E-state index contributed by atoms with van der Waals surface area (Å²) in [7, 11) is 0. The lowest BCUT2D eigenvalue weighted by Gasteiger charge is -2.18. The molecule has 1 nitrogen and oxygen atoms in total. The summed E-state index contributed by atoms with van der Waals surface area (Å²) in [6.07, 6.45) is 1.19. The lowest BCUT2D eigenvalue weighted by Crippen LogP contribution is -2.24. The molecule has 0 atom stereocenters. The van der Waals surface area contributed by atoms with Gasteiger partial charge in [-0.3, -0.25) is 0 Å². The molecule has 0 spiro atoms. The van der Waals surface area contributed by atoms with E-state index in [-0.39, 0.29) is 0 Å². The molecule has 0 aromatic heterocycles. The number of nitrogens with one attached hydrogen (secondary N) is 1. The smallest absolute Gasteiger partial charge is 0.0210 e. The van der Waals surface area contributed by atoms with E-state index in [0.717, 1.165) is 13.1 Å². The summed E-state index contributed by atoms with van der Waals surface area (Å²) in [6.45, 7) is 4.38.